The predicted molar refractivity (Wildman–Crippen MR) is 165 cm³/mol. The molecule has 8 rings (SSSR count). The topological polar surface area (TPSA) is 51.5 Å². The van der Waals surface area contributed by atoms with Gasteiger partial charge in [-0.2, -0.15) is 0 Å². The van der Waals surface area contributed by atoms with E-state index in [-0.39, 0.29) is 0 Å². The van der Waals surface area contributed by atoms with E-state index < -0.39 is 5.54 Å². The van der Waals surface area contributed by atoms with Crippen LogP contribution in [0.1, 0.15) is 23.6 Å². The van der Waals surface area contributed by atoms with E-state index in [4.69, 9.17) is 15.1 Å². The van der Waals surface area contributed by atoms with E-state index >= 15 is 0 Å². The van der Waals surface area contributed by atoms with Crippen LogP contribution in [0, 0.1) is 0 Å². The Balaban J connectivity index is 1.39. The molecule has 4 heteroatoms. The molecule has 0 radical (unpaired) electrons. The predicted octanol–water partition coefficient (Wildman–Crippen LogP) is 9.10. The quantitative estimate of drug-likeness (QED) is 0.187. The number of aliphatic imine (C=N–C) groups is 1. The second-order valence-corrected chi connectivity index (χ2v) is 11.4. The lowest BCUT2D eigenvalue weighted by molar-refractivity contribution is 0.619. The van der Waals surface area contributed by atoms with Crippen LogP contribution in [-0.4, -0.2) is 6.21 Å². The Labute approximate surface area is 230 Å². The summed E-state index contributed by atoms with van der Waals surface area (Å²) >= 11 is 1.72. The molecule has 1 aromatic heterocycles. The highest BCUT2D eigenvalue weighted by Crippen LogP contribution is 2.52. The van der Waals surface area contributed by atoms with Gasteiger partial charge < -0.3 is 10.2 Å². The number of fused-ring (bicyclic) bond motifs is 4. The molecule has 3 nitrogen and oxygen atoms in total. The maximum Gasteiger partial charge on any atom is 0.136 e. The third-order valence-corrected chi connectivity index (χ3v) is 9.30. The molecule has 0 bridgehead atoms. The van der Waals surface area contributed by atoms with Crippen molar-refractivity contribution in [1.29, 1.82) is 0 Å². The number of nitrogens with two attached hydrogens (primary N) is 1. The van der Waals surface area contributed by atoms with Crippen LogP contribution in [0.2, 0.25) is 0 Å². The normalized spacial score (nSPS) is 18.7. The van der Waals surface area contributed by atoms with Crippen LogP contribution in [0.25, 0.3) is 49.2 Å². The standard InChI is InChI=1S/C35H24N2OS/c1-35(36)26-16-5-6-19-29(26)39-34(35)33(21-10-3-2-4-11-21)37-20-22-12-7-13-23-24-14-8-17-27-31(24)32-25(30(22)23)15-9-18-28(32)38-27/h2-20H,36H2,1H3/b34-33+,37-20?. The Morgan fingerprint density at radius 1 is 0.718 bits per heavy atom. The second kappa shape index (κ2) is 8.31. The van der Waals surface area contributed by atoms with Crippen molar-refractivity contribution in [3.63, 3.8) is 0 Å². The Kier molecular flexibility index (Phi) is 4.81. The largest absolute Gasteiger partial charge is 0.456 e. The van der Waals surface area contributed by atoms with E-state index in [1.54, 1.807) is 11.8 Å². The van der Waals surface area contributed by atoms with Crippen LogP contribution in [0.3, 0.4) is 0 Å². The highest BCUT2D eigenvalue weighted by molar-refractivity contribution is 8.03. The molecule has 186 valence electrons. The van der Waals surface area contributed by atoms with Crippen LogP contribution < -0.4 is 5.73 Å². The molecule has 0 amide bonds. The summed E-state index contributed by atoms with van der Waals surface area (Å²) in [6.07, 6.45) is 2.01. The van der Waals surface area contributed by atoms with Gasteiger partial charge in [0.2, 0.25) is 0 Å². The van der Waals surface area contributed by atoms with Crippen molar-refractivity contribution < 1.29 is 4.42 Å². The SMILES string of the molecule is CC1(N)/C(=C(\N=Cc2cccc3c4cccc5oc6cccc(c23)c6c54)c2ccccc2)Sc2ccccc21. The molecule has 1 atom stereocenters. The van der Waals surface area contributed by atoms with Gasteiger partial charge in [-0.3, -0.25) is 4.99 Å². The first-order chi connectivity index (χ1) is 19.1. The van der Waals surface area contributed by atoms with Crippen LogP contribution >= 0.6 is 11.8 Å². The number of rotatable bonds is 3. The summed E-state index contributed by atoms with van der Waals surface area (Å²) < 4.78 is 6.24. The first-order valence-corrected chi connectivity index (χ1v) is 13.9. The summed E-state index contributed by atoms with van der Waals surface area (Å²) in [6, 6.07) is 37.9. The molecule has 0 saturated carbocycles. The van der Waals surface area contributed by atoms with Gasteiger partial charge in [-0.15, -0.1) is 0 Å². The Morgan fingerprint density at radius 2 is 1.36 bits per heavy atom. The highest BCUT2D eigenvalue weighted by atomic mass is 32.2. The van der Waals surface area contributed by atoms with Gasteiger partial charge in [0.25, 0.3) is 0 Å². The lowest BCUT2D eigenvalue weighted by atomic mass is 9.91. The number of hydrogen-bond donors (Lipinski definition) is 1. The third kappa shape index (κ3) is 3.26. The van der Waals surface area contributed by atoms with E-state index in [9.17, 15) is 0 Å². The van der Waals surface area contributed by atoms with Gasteiger partial charge in [0.05, 0.1) is 11.2 Å². The Hall–Kier alpha value is -4.38. The van der Waals surface area contributed by atoms with Crippen molar-refractivity contribution in [1.82, 2.24) is 0 Å². The van der Waals surface area contributed by atoms with Crippen LogP contribution in [0.4, 0.5) is 0 Å². The summed E-state index contributed by atoms with van der Waals surface area (Å²) in [6.45, 7) is 2.09. The lowest BCUT2D eigenvalue weighted by Crippen LogP contribution is -2.32. The van der Waals surface area contributed by atoms with Crippen molar-refractivity contribution in [3.8, 4) is 0 Å². The van der Waals surface area contributed by atoms with Crippen molar-refractivity contribution in [2.45, 2.75) is 17.4 Å². The van der Waals surface area contributed by atoms with Crippen LogP contribution in [0.5, 0.6) is 0 Å². The minimum Gasteiger partial charge on any atom is -0.456 e. The zero-order valence-corrected chi connectivity index (χ0v) is 22.1. The molecule has 0 aliphatic carbocycles. The van der Waals surface area contributed by atoms with E-state index in [2.05, 4.69) is 110 Å². The molecule has 1 aliphatic rings. The zero-order chi connectivity index (χ0) is 26.1. The van der Waals surface area contributed by atoms with Gasteiger partial charge in [0.1, 0.15) is 11.2 Å². The molecule has 2 N–H and O–H groups in total. The number of nitrogens with zero attached hydrogens (tertiary/aromatic N) is 1. The van der Waals surface area contributed by atoms with Crippen LogP contribution in [0.15, 0.2) is 128 Å². The lowest BCUT2D eigenvalue weighted by Gasteiger charge is -2.23. The van der Waals surface area contributed by atoms with Gasteiger partial charge in [-0.05, 0) is 52.2 Å². The zero-order valence-electron chi connectivity index (χ0n) is 21.3. The number of hydrogen-bond acceptors (Lipinski definition) is 4. The van der Waals surface area contributed by atoms with Crippen molar-refractivity contribution in [2.24, 2.45) is 10.7 Å². The molecule has 39 heavy (non-hydrogen) atoms. The van der Waals surface area contributed by atoms with Crippen molar-refractivity contribution in [3.05, 3.63) is 131 Å². The smallest absolute Gasteiger partial charge is 0.136 e. The first kappa shape index (κ1) is 22.6. The maximum absolute atomic E-state index is 7.02. The summed E-state index contributed by atoms with van der Waals surface area (Å²) in [5, 5.41) is 7.13. The fourth-order valence-electron chi connectivity index (χ4n) is 6.11. The number of furan rings is 1. The number of thioether (sulfide) groups is 1. The van der Waals surface area contributed by atoms with Gasteiger partial charge in [0, 0.05) is 37.9 Å². The first-order valence-electron chi connectivity index (χ1n) is 13.1. The minimum absolute atomic E-state index is 0.632. The van der Waals surface area contributed by atoms with Gasteiger partial charge >= 0.3 is 0 Å². The van der Waals surface area contributed by atoms with E-state index in [1.165, 1.54) is 37.2 Å². The number of benzene rings is 6. The van der Waals surface area contributed by atoms with E-state index in [1.807, 2.05) is 12.3 Å². The minimum atomic E-state index is -0.632. The summed E-state index contributed by atoms with van der Waals surface area (Å²) in [5.74, 6) is 0. The molecule has 1 unspecified atom stereocenters. The van der Waals surface area contributed by atoms with Crippen LogP contribution in [-0.2, 0) is 5.54 Å². The molecular weight excluding hydrogens is 496 g/mol. The fourth-order valence-corrected chi connectivity index (χ4v) is 7.46. The molecule has 2 heterocycles. The van der Waals surface area contributed by atoms with Crippen molar-refractivity contribution in [2.75, 3.05) is 0 Å². The van der Waals surface area contributed by atoms with E-state index in [0.717, 1.165) is 38.5 Å². The summed E-state index contributed by atoms with van der Waals surface area (Å²) in [5.41, 5.74) is 12.4. The average Bonchev–Trinajstić information content (AvgIpc) is 3.48. The van der Waals surface area contributed by atoms with Gasteiger partial charge in [-0.1, -0.05) is 103 Å². The summed E-state index contributed by atoms with van der Waals surface area (Å²) in [7, 11) is 0. The second-order valence-electron chi connectivity index (χ2n) is 10.3. The molecular formula is C35H24N2OS. The van der Waals surface area contributed by atoms with Gasteiger partial charge in [0.15, 0.2) is 0 Å². The summed E-state index contributed by atoms with van der Waals surface area (Å²) in [4.78, 5) is 7.46. The Morgan fingerprint density at radius 3 is 2.13 bits per heavy atom. The third-order valence-electron chi connectivity index (χ3n) is 7.90. The van der Waals surface area contributed by atoms with E-state index in [0.29, 0.717) is 0 Å². The highest BCUT2D eigenvalue weighted by Gasteiger charge is 2.38. The molecule has 0 fully saturated rings. The van der Waals surface area contributed by atoms with Crippen molar-refractivity contribution >= 4 is 67.2 Å². The molecule has 0 spiro atoms. The molecule has 1 aliphatic heterocycles. The molecule has 6 aromatic carbocycles. The molecule has 0 saturated heterocycles. The average molecular weight is 521 g/mol. The Bertz CT molecular complexity index is 2120. The monoisotopic (exact) mass is 520 g/mol. The van der Waals surface area contributed by atoms with Gasteiger partial charge in [-0.25, -0.2) is 0 Å². The maximum atomic E-state index is 7.02. The fraction of sp³-hybridized carbons (Fsp3) is 0.0571. The molecule has 7 aromatic rings.